The molecule has 1 aliphatic carbocycles. The van der Waals surface area contributed by atoms with E-state index in [1.807, 2.05) is 11.5 Å². The highest BCUT2D eigenvalue weighted by atomic mass is 19.1. The first-order valence-electron chi connectivity index (χ1n) is 9.98. The van der Waals surface area contributed by atoms with Gasteiger partial charge in [0.05, 0.1) is 29.4 Å². The quantitative estimate of drug-likeness (QED) is 0.809. The fraction of sp³-hybridized carbons (Fsp3) is 0.364. The largest absolute Gasteiger partial charge is 0.356 e. The fourth-order valence-electron chi connectivity index (χ4n) is 4.61. The third kappa shape index (κ3) is 2.70. The van der Waals surface area contributed by atoms with E-state index in [1.165, 1.54) is 6.07 Å². The molecule has 1 aromatic carbocycles. The summed E-state index contributed by atoms with van der Waals surface area (Å²) in [5, 5.41) is 3.98. The Labute approximate surface area is 171 Å². The van der Waals surface area contributed by atoms with Crippen molar-refractivity contribution in [1.82, 2.24) is 14.8 Å². The van der Waals surface area contributed by atoms with Gasteiger partial charge in [-0.05, 0) is 31.9 Å². The molecule has 1 N–H and O–H groups in total. The summed E-state index contributed by atoms with van der Waals surface area (Å²) in [5.74, 6) is -2.02. The first-order valence-corrected chi connectivity index (χ1v) is 9.98. The Bertz CT molecular complexity index is 1270. The molecular formula is C22H21F2N3O3. The molecule has 0 spiro atoms. The van der Waals surface area contributed by atoms with Gasteiger partial charge in [0, 0.05) is 30.4 Å². The van der Waals surface area contributed by atoms with Crippen molar-refractivity contribution in [2.45, 2.75) is 45.6 Å². The number of ether oxygens (including phenoxy) is 1. The molecule has 1 amide bonds. The Balaban J connectivity index is 1.50. The lowest BCUT2D eigenvalue weighted by Crippen LogP contribution is -2.65. The minimum atomic E-state index is -0.744. The predicted octanol–water partition coefficient (Wildman–Crippen LogP) is 0.799. The van der Waals surface area contributed by atoms with Crippen LogP contribution in [0, 0.1) is 11.6 Å². The number of hydrogen-bond donors (Lipinski definition) is 1. The van der Waals surface area contributed by atoms with E-state index in [1.54, 1.807) is 6.20 Å². The summed E-state index contributed by atoms with van der Waals surface area (Å²) >= 11 is 0. The third-order valence-corrected chi connectivity index (χ3v) is 6.18. The molecule has 5 rings (SSSR count). The molecule has 2 aromatic rings. The molecule has 1 saturated heterocycles. The Kier molecular flexibility index (Phi) is 4.28. The van der Waals surface area contributed by atoms with Crippen LogP contribution >= 0.6 is 0 Å². The molecule has 0 bridgehead atoms. The highest BCUT2D eigenvalue weighted by molar-refractivity contribution is 5.96. The summed E-state index contributed by atoms with van der Waals surface area (Å²) in [6, 6.07) is 3.48. The van der Waals surface area contributed by atoms with E-state index in [9.17, 15) is 18.4 Å². The smallest absolute Gasteiger partial charge is 0.257 e. The second-order valence-corrected chi connectivity index (χ2v) is 8.01. The zero-order valence-corrected chi connectivity index (χ0v) is 16.7. The van der Waals surface area contributed by atoms with Crippen molar-refractivity contribution in [3.8, 4) is 0 Å². The van der Waals surface area contributed by atoms with Gasteiger partial charge in [0.15, 0.2) is 0 Å². The van der Waals surface area contributed by atoms with Crippen LogP contribution in [-0.2, 0) is 17.8 Å². The van der Waals surface area contributed by atoms with Gasteiger partial charge >= 0.3 is 0 Å². The van der Waals surface area contributed by atoms with Crippen LogP contribution in [0.5, 0.6) is 0 Å². The van der Waals surface area contributed by atoms with E-state index in [2.05, 4.69) is 17.1 Å². The molecular weight excluding hydrogens is 392 g/mol. The standard InChI is InChI=1S/C22H21F2N3O3/c1-11-5-6-30-17-10-26-9-15(21(28)18-12(2)19(20(18)26)27(11)17)22(29)25-8-13-3-4-14(23)7-16(13)24/h3-4,7,9,11,17H,5-6,8,10H2,1-2H3,(H,25,29). The molecule has 156 valence electrons. The number of fused-ring (bicyclic) bond motifs is 2. The number of aromatic nitrogens is 1. The zero-order chi connectivity index (χ0) is 21.2. The summed E-state index contributed by atoms with van der Waals surface area (Å²) in [7, 11) is 0. The Morgan fingerprint density at radius 3 is 2.90 bits per heavy atom. The fourth-order valence-corrected chi connectivity index (χ4v) is 4.61. The number of pyridine rings is 1. The molecule has 8 heteroatoms. The lowest BCUT2D eigenvalue weighted by atomic mass is 9.93. The molecule has 1 fully saturated rings. The van der Waals surface area contributed by atoms with Crippen molar-refractivity contribution in [3.63, 3.8) is 0 Å². The van der Waals surface area contributed by atoms with Crippen LogP contribution in [0.25, 0.3) is 11.3 Å². The van der Waals surface area contributed by atoms with Gasteiger partial charge in [0.1, 0.15) is 23.4 Å². The highest BCUT2D eigenvalue weighted by Gasteiger charge is 2.39. The molecule has 2 unspecified atom stereocenters. The van der Waals surface area contributed by atoms with Crippen molar-refractivity contribution in [3.05, 3.63) is 67.9 Å². The van der Waals surface area contributed by atoms with E-state index in [0.29, 0.717) is 24.4 Å². The zero-order valence-electron chi connectivity index (χ0n) is 16.7. The monoisotopic (exact) mass is 413 g/mol. The molecule has 3 aliphatic rings. The van der Waals surface area contributed by atoms with Crippen molar-refractivity contribution < 1.29 is 18.3 Å². The van der Waals surface area contributed by atoms with Gasteiger partial charge in [0.2, 0.25) is 5.43 Å². The molecule has 0 saturated carbocycles. The maximum atomic E-state index is 13.8. The molecule has 2 atom stereocenters. The summed E-state index contributed by atoms with van der Waals surface area (Å²) < 4.78 is 34.7. The number of carbonyl (C=O) groups excluding carboxylic acids is 1. The number of rotatable bonds is 3. The SMILES string of the molecule is CC1=c2c(=O)c(C(=O)NCc3ccc(F)cc3F)cn3c2=C1N1C(C)CCOC1C3. The normalized spacial score (nSPS) is 21.7. The predicted molar refractivity (Wildman–Crippen MR) is 106 cm³/mol. The van der Waals surface area contributed by atoms with Gasteiger partial charge in [-0.15, -0.1) is 0 Å². The maximum Gasteiger partial charge on any atom is 0.257 e. The van der Waals surface area contributed by atoms with Gasteiger partial charge < -0.3 is 19.5 Å². The van der Waals surface area contributed by atoms with Gasteiger partial charge in [-0.3, -0.25) is 9.59 Å². The van der Waals surface area contributed by atoms with Gasteiger partial charge in [-0.2, -0.15) is 0 Å². The first kappa shape index (κ1) is 19.0. The number of nitrogens with one attached hydrogen (secondary N) is 1. The van der Waals surface area contributed by atoms with E-state index < -0.39 is 17.5 Å². The second kappa shape index (κ2) is 6.77. The molecule has 6 nitrogen and oxygen atoms in total. The minimum absolute atomic E-state index is 0.00646. The van der Waals surface area contributed by atoms with Crippen LogP contribution in [0.4, 0.5) is 8.78 Å². The van der Waals surface area contributed by atoms with Crippen LogP contribution in [0.2, 0.25) is 0 Å². The van der Waals surface area contributed by atoms with E-state index in [-0.39, 0.29) is 29.3 Å². The van der Waals surface area contributed by atoms with E-state index in [4.69, 9.17) is 4.74 Å². The number of carbonyl (C=O) groups is 1. The van der Waals surface area contributed by atoms with Crippen molar-refractivity contribution in [2.75, 3.05) is 6.61 Å². The van der Waals surface area contributed by atoms with Crippen molar-refractivity contribution in [1.29, 1.82) is 0 Å². The molecule has 2 aliphatic heterocycles. The van der Waals surface area contributed by atoms with Gasteiger partial charge in [-0.1, -0.05) is 6.07 Å². The lowest BCUT2D eigenvalue weighted by molar-refractivity contribution is -0.102. The van der Waals surface area contributed by atoms with E-state index >= 15 is 0 Å². The third-order valence-electron chi connectivity index (χ3n) is 6.18. The average molecular weight is 413 g/mol. The molecule has 3 heterocycles. The number of amides is 1. The van der Waals surface area contributed by atoms with Crippen LogP contribution in [0.3, 0.4) is 0 Å². The molecule has 1 aromatic heterocycles. The summed E-state index contributed by atoms with van der Waals surface area (Å²) in [6.07, 6.45) is 2.35. The van der Waals surface area contributed by atoms with Crippen LogP contribution in [-0.4, -0.2) is 34.3 Å². The Hall–Kier alpha value is -3.00. The van der Waals surface area contributed by atoms with Gasteiger partial charge in [-0.25, -0.2) is 8.78 Å². The Morgan fingerprint density at radius 1 is 1.33 bits per heavy atom. The van der Waals surface area contributed by atoms with Crippen LogP contribution in [0.1, 0.15) is 36.2 Å². The lowest BCUT2D eigenvalue weighted by Gasteiger charge is -2.48. The number of nitrogens with zero attached hydrogens (tertiary/aromatic N) is 2. The molecule has 30 heavy (non-hydrogen) atoms. The van der Waals surface area contributed by atoms with Crippen molar-refractivity contribution in [2.24, 2.45) is 0 Å². The highest BCUT2D eigenvalue weighted by Crippen LogP contribution is 2.31. The second-order valence-electron chi connectivity index (χ2n) is 8.01. The van der Waals surface area contributed by atoms with Gasteiger partial charge in [0.25, 0.3) is 5.91 Å². The van der Waals surface area contributed by atoms with Crippen molar-refractivity contribution >= 4 is 17.2 Å². The number of halogens is 2. The van der Waals surface area contributed by atoms with Crippen LogP contribution < -0.4 is 21.3 Å². The van der Waals surface area contributed by atoms with E-state index in [0.717, 1.165) is 35.2 Å². The summed E-state index contributed by atoms with van der Waals surface area (Å²) in [6.45, 7) is 5.10. The Morgan fingerprint density at radius 2 is 2.13 bits per heavy atom. The summed E-state index contributed by atoms with van der Waals surface area (Å²) in [4.78, 5) is 28.0. The number of benzene rings is 1. The number of hydrogen-bond acceptors (Lipinski definition) is 4. The van der Waals surface area contributed by atoms with Crippen LogP contribution in [0.15, 0.2) is 29.2 Å². The first-order chi connectivity index (χ1) is 14.4. The minimum Gasteiger partial charge on any atom is -0.356 e. The topological polar surface area (TPSA) is 63.6 Å². The summed E-state index contributed by atoms with van der Waals surface area (Å²) in [5.41, 5.74) is 1.71. The maximum absolute atomic E-state index is 13.8. The average Bonchev–Trinajstić information content (AvgIpc) is 2.70. The molecule has 0 radical (unpaired) electrons.